The van der Waals surface area contributed by atoms with E-state index in [0.717, 1.165) is 0 Å². The SMILES string of the molecule is CON=C(C)c1cccc(Oc2cc(OC)cc(OC)n2)c1C(=O)OC. The van der Waals surface area contributed by atoms with Crippen LogP contribution in [-0.4, -0.2) is 45.1 Å². The molecular formula is C18H20N2O6. The third-order valence-corrected chi connectivity index (χ3v) is 3.44. The molecule has 0 unspecified atom stereocenters. The van der Waals surface area contributed by atoms with Crippen LogP contribution in [0.1, 0.15) is 22.8 Å². The van der Waals surface area contributed by atoms with Crippen molar-refractivity contribution in [2.24, 2.45) is 5.16 Å². The summed E-state index contributed by atoms with van der Waals surface area (Å²) in [5.74, 6) is 0.691. The zero-order valence-electron chi connectivity index (χ0n) is 15.2. The Morgan fingerprint density at radius 2 is 1.77 bits per heavy atom. The standard InChI is InChI=1S/C18H20N2O6/c1-11(20-25-5)13-7-6-8-14(17(13)18(21)24-4)26-16-10-12(22-2)9-15(19-16)23-3/h6-10H,1-5H3. The lowest BCUT2D eigenvalue weighted by atomic mass is 10.0. The first kappa shape index (κ1) is 19.0. The number of hydrogen-bond acceptors (Lipinski definition) is 8. The van der Waals surface area contributed by atoms with Gasteiger partial charge >= 0.3 is 5.97 Å². The highest BCUT2D eigenvalue weighted by Gasteiger charge is 2.21. The Hall–Kier alpha value is -3.29. The maximum absolute atomic E-state index is 12.3. The molecule has 0 aliphatic heterocycles. The number of nitrogens with zero attached hydrogens (tertiary/aromatic N) is 2. The molecular weight excluding hydrogens is 340 g/mol. The molecule has 1 aromatic heterocycles. The number of ether oxygens (including phenoxy) is 4. The number of methoxy groups -OCH3 is 3. The van der Waals surface area contributed by atoms with Crippen LogP contribution in [0.25, 0.3) is 0 Å². The molecule has 0 fully saturated rings. The average molecular weight is 360 g/mol. The van der Waals surface area contributed by atoms with Crippen molar-refractivity contribution in [2.45, 2.75) is 6.92 Å². The van der Waals surface area contributed by atoms with Crippen molar-refractivity contribution >= 4 is 11.7 Å². The minimum atomic E-state index is -0.573. The molecule has 0 bridgehead atoms. The largest absolute Gasteiger partial charge is 0.496 e. The Bertz CT molecular complexity index is 797. The lowest BCUT2D eigenvalue weighted by Gasteiger charge is -2.14. The minimum absolute atomic E-state index is 0.199. The van der Waals surface area contributed by atoms with Gasteiger partial charge in [0.25, 0.3) is 0 Å². The number of carbonyl (C=O) groups excluding carboxylic acids is 1. The van der Waals surface area contributed by atoms with Crippen molar-refractivity contribution in [3.8, 4) is 23.3 Å². The fourth-order valence-corrected chi connectivity index (χ4v) is 2.26. The van der Waals surface area contributed by atoms with E-state index in [0.29, 0.717) is 22.9 Å². The van der Waals surface area contributed by atoms with Crippen molar-refractivity contribution in [3.63, 3.8) is 0 Å². The van der Waals surface area contributed by atoms with Gasteiger partial charge in [-0.05, 0) is 13.0 Å². The van der Waals surface area contributed by atoms with Gasteiger partial charge in [0.05, 0.1) is 27.0 Å². The molecule has 138 valence electrons. The first-order valence-electron chi connectivity index (χ1n) is 7.61. The summed E-state index contributed by atoms with van der Waals surface area (Å²) in [5, 5.41) is 3.87. The van der Waals surface area contributed by atoms with Gasteiger partial charge in [-0.3, -0.25) is 0 Å². The maximum Gasteiger partial charge on any atom is 0.342 e. The molecule has 0 N–H and O–H groups in total. The van der Waals surface area contributed by atoms with Crippen molar-refractivity contribution < 1.29 is 28.6 Å². The minimum Gasteiger partial charge on any atom is -0.496 e. The molecule has 0 saturated carbocycles. The molecule has 0 amide bonds. The summed E-state index contributed by atoms with van der Waals surface area (Å²) in [5.41, 5.74) is 1.22. The highest BCUT2D eigenvalue weighted by molar-refractivity contribution is 6.09. The molecule has 0 radical (unpaired) electrons. The second-order valence-corrected chi connectivity index (χ2v) is 5.02. The van der Waals surface area contributed by atoms with Crippen molar-refractivity contribution in [1.29, 1.82) is 0 Å². The molecule has 26 heavy (non-hydrogen) atoms. The molecule has 0 aliphatic carbocycles. The molecule has 8 heteroatoms. The smallest absolute Gasteiger partial charge is 0.342 e. The summed E-state index contributed by atoms with van der Waals surface area (Å²) in [6.45, 7) is 1.71. The number of rotatable bonds is 7. The van der Waals surface area contributed by atoms with E-state index in [9.17, 15) is 4.79 Å². The van der Waals surface area contributed by atoms with Crippen molar-refractivity contribution in [3.05, 3.63) is 41.5 Å². The number of oxime groups is 1. The molecule has 1 aromatic carbocycles. The topological polar surface area (TPSA) is 88.5 Å². The second-order valence-electron chi connectivity index (χ2n) is 5.02. The van der Waals surface area contributed by atoms with Crippen molar-refractivity contribution in [1.82, 2.24) is 4.98 Å². The first-order chi connectivity index (χ1) is 12.5. The van der Waals surface area contributed by atoms with E-state index >= 15 is 0 Å². The van der Waals surface area contributed by atoms with Crippen LogP contribution in [0.5, 0.6) is 23.3 Å². The molecule has 0 aliphatic rings. The summed E-state index contributed by atoms with van der Waals surface area (Å²) in [6.07, 6.45) is 0. The molecule has 1 heterocycles. The molecule has 0 atom stereocenters. The van der Waals surface area contributed by atoms with Crippen LogP contribution in [0, 0.1) is 0 Å². The van der Waals surface area contributed by atoms with E-state index < -0.39 is 5.97 Å². The van der Waals surface area contributed by atoms with Crippen LogP contribution in [0.2, 0.25) is 0 Å². The summed E-state index contributed by atoms with van der Waals surface area (Å²) in [6, 6.07) is 8.26. The predicted molar refractivity (Wildman–Crippen MR) is 94.4 cm³/mol. The van der Waals surface area contributed by atoms with E-state index in [2.05, 4.69) is 10.1 Å². The summed E-state index contributed by atoms with van der Waals surface area (Å²) in [7, 11) is 5.72. The molecule has 8 nitrogen and oxygen atoms in total. The predicted octanol–water partition coefficient (Wildman–Crippen LogP) is 3.05. The Kier molecular flexibility index (Phi) is 6.37. The van der Waals surface area contributed by atoms with Gasteiger partial charge in [0.1, 0.15) is 24.2 Å². The molecule has 0 spiro atoms. The van der Waals surface area contributed by atoms with Gasteiger partial charge in [-0.15, -0.1) is 0 Å². The third kappa shape index (κ3) is 4.21. The molecule has 0 saturated heterocycles. The van der Waals surface area contributed by atoms with Crippen LogP contribution in [0.3, 0.4) is 0 Å². The van der Waals surface area contributed by atoms with Gasteiger partial charge < -0.3 is 23.8 Å². The highest BCUT2D eigenvalue weighted by atomic mass is 16.6. The van der Waals surface area contributed by atoms with Gasteiger partial charge in [0.15, 0.2) is 0 Å². The zero-order chi connectivity index (χ0) is 19.1. The van der Waals surface area contributed by atoms with Crippen LogP contribution in [0.4, 0.5) is 0 Å². The van der Waals surface area contributed by atoms with E-state index in [1.54, 1.807) is 37.3 Å². The van der Waals surface area contributed by atoms with E-state index in [4.69, 9.17) is 23.8 Å². The number of hydrogen-bond donors (Lipinski definition) is 0. The van der Waals surface area contributed by atoms with Crippen LogP contribution in [0.15, 0.2) is 35.5 Å². The van der Waals surface area contributed by atoms with Gasteiger partial charge in [0.2, 0.25) is 11.8 Å². The summed E-state index contributed by atoms with van der Waals surface area (Å²) < 4.78 is 21.0. The van der Waals surface area contributed by atoms with E-state index in [1.807, 2.05) is 0 Å². The zero-order valence-corrected chi connectivity index (χ0v) is 15.2. The lowest BCUT2D eigenvalue weighted by molar-refractivity contribution is 0.0597. The normalized spacial score (nSPS) is 10.9. The fourth-order valence-electron chi connectivity index (χ4n) is 2.26. The monoisotopic (exact) mass is 360 g/mol. The quantitative estimate of drug-likeness (QED) is 0.426. The molecule has 2 aromatic rings. The second kappa shape index (κ2) is 8.70. The van der Waals surface area contributed by atoms with Crippen LogP contribution in [-0.2, 0) is 9.57 Å². The average Bonchev–Trinajstić information content (AvgIpc) is 2.67. The van der Waals surface area contributed by atoms with E-state index in [-0.39, 0.29) is 17.2 Å². The Morgan fingerprint density at radius 3 is 2.38 bits per heavy atom. The van der Waals surface area contributed by atoms with Crippen molar-refractivity contribution in [2.75, 3.05) is 28.4 Å². The number of pyridine rings is 1. The number of benzene rings is 1. The fraction of sp³-hybridized carbons (Fsp3) is 0.278. The van der Waals surface area contributed by atoms with Gasteiger partial charge in [0, 0.05) is 17.7 Å². The summed E-state index contributed by atoms with van der Waals surface area (Å²) in [4.78, 5) is 21.3. The number of carbonyl (C=O) groups is 1. The van der Waals surface area contributed by atoms with Gasteiger partial charge in [-0.1, -0.05) is 17.3 Å². The van der Waals surface area contributed by atoms with Gasteiger partial charge in [-0.25, -0.2) is 4.79 Å². The van der Waals surface area contributed by atoms with Crippen LogP contribution < -0.4 is 14.2 Å². The Labute approximate surface area is 151 Å². The highest BCUT2D eigenvalue weighted by Crippen LogP contribution is 2.31. The van der Waals surface area contributed by atoms with Crippen LogP contribution >= 0.6 is 0 Å². The summed E-state index contributed by atoms with van der Waals surface area (Å²) >= 11 is 0. The first-order valence-corrected chi connectivity index (χ1v) is 7.61. The van der Waals surface area contributed by atoms with Gasteiger partial charge in [-0.2, -0.15) is 4.98 Å². The van der Waals surface area contributed by atoms with E-state index in [1.165, 1.54) is 28.4 Å². The third-order valence-electron chi connectivity index (χ3n) is 3.44. The number of esters is 1. The number of aromatic nitrogens is 1. The molecule has 2 rings (SSSR count). The maximum atomic E-state index is 12.3. The lowest BCUT2D eigenvalue weighted by Crippen LogP contribution is -2.11. The Balaban J connectivity index is 2.54. The Morgan fingerprint density at radius 1 is 1.04 bits per heavy atom.